The highest BCUT2D eigenvalue weighted by atomic mass is 35.5. The number of aromatic nitrogens is 2. The summed E-state index contributed by atoms with van der Waals surface area (Å²) in [5.74, 6) is -1.94. The van der Waals surface area contributed by atoms with Crippen molar-refractivity contribution in [3.05, 3.63) is 50.9 Å². The number of rotatable bonds is 4. The number of nitrogens with zero attached hydrogens (tertiary/aromatic N) is 4. The number of likely N-dealkylation sites (N-methyl/N-ethyl adjacent to an activating group) is 1. The molecular formula is C26H26ClF5N4O2S. The van der Waals surface area contributed by atoms with Gasteiger partial charge in [-0.15, -0.1) is 11.8 Å². The first kappa shape index (κ1) is 28.1. The van der Waals surface area contributed by atoms with Gasteiger partial charge < -0.3 is 9.64 Å². The van der Waals surface area contributed by atoms with Crippen molar-refractivity contribution in [2.75, 3.05) is 43.9 Å². The Morgan fingerprint density at radius 1 is 1.15 bits per heavy atom. The van der Waals surface area contributed by atoms with Crippen molar-refractivity contribution >= 4 is 40.1 Å². The molecule has 2 aromatic carbocycles. The van der Waals surface area contributed by atoms with Crippen molar-refractivity contribution in [1.29, 1.82) is 0 Å². The number of thioether (sulfide) groups is 1. The van der Waals surface area contributed by atoms with Crippen LogP contribution in [-0.4, -0.2) is 65.6 Å². The fourth-order valence-electron chi connectivity index (χ4n) is 5.34. The summed E-state index contributed by atoms with van der Waals surface area (Å²) in [6, 6.07) is 2.12. The minimum Gasteiger partial charge on any atom is -0.379 e. The van der Waals surface area contributed by atoms with E-state index in [9.17, 15) is 22.4 Å². The van der Waals surface area contributed by atoms with Crippen molar-refractivity contribution in [3.63, 3.8) is 0 Å². The summed E-state index contributed by atoms with van der Waals surface area (Å²) < 4.78 is 80.0. The zero-order chi connectivity index (χ0) is 28.2. The standard InChI is InChI=1S/C26H26ClF5N4O2S/c1-4-34-5-6-35(13(2)10-34)24-16-7-17(26(30,31)32)21(15-8-18(27)20(29)9-19(15)28)23-22(16)36(25(37)33-24)11-14(38-3)12-39-23/h7-9,13-14H,4-6,10-12H2,1-3H3/t13-,14+/m0/s1. The summed E-state index contributed by atoms with van der Waals surface area (Å²) in [7, 11) is 1.45. The van der Waals surface area contributed by atoms with E-state index in [2.05, 4.69) is 9.88 Å². The maximum atomic E-state index is 15.1. The maximum Gasteiger partial charge on any atom is 0.417 e. The van der Waals surface area contributed by atoms with E-state index in [0.717, 1.165) is 30.4 Å². The molecule has 2 aliphatic heterocycles. The fraction of sp³-hybridized carbons (Fsp3) is 0.462. The predicted octanol–water partition coefficient (Wildman–Crippen LogP) is 5.67. The molecule has 13 heteroatoms. The third-order valence-corrected chi connectivity index (χ3v) is 8.86. The van der Waals surface area contributed by atoms with Gasteiger partial charge in [-0.2, -0.15) is 18.2 Å². The number of methoxy groups -OCH3 is 1. The minimum atomic E-state index is -4.91. The zero-order valence-electron chi connectivity index (χ0n) is 21.4. The molecule has 5 rings (SSSR count). The molecule has 1 aromatic heterocycles. The van der Waals surface area contributed by atoms with Gasteiger partial charge in [0.15, 0.2) is 0 Å². The van der Waals surface area contributed by atoms with Crippen molar-refractivity contribution in [2.24, 2.45) is 0 Å². The summed E-state index contributed by atoms with van der Waals surface area (Å²) in [5.41, 5.74) is -2.55. The molecule has 0 spiro atoms. The molecule has 0 bridgehead atoms. The van der Waals surface area contributed by atoms with Crippen molar-refractivity contribution in [3.8, 4) is 11.1 Å². The van der Waals surface area contributed by atoms with Crippen LogP contribution >= 0.6 is 23.4 Å². The van der Waals surface area contributed by atoms with Gasteiger partial charge in [-0.1, -0.05) is 18.5 Å². The average molecular weight is 589 g/mol. The highest BCUT2D eigenvalue weighted by Gasteiger charge is 2.39. The highest BCUT2D eigenvalue weighted by Crippen LogP contribution is 2.49. The molecule has 2 atom stereocenters. The van der Waals surface area contributed by atoms with Gasteiger partial charge in [0, 0.05) is 66.0 Å². The lowest BCUT2D eigenvalue weighted by atomic mass is 9.95. The monoisotopic (exact) mass is 588 g/mol. The normalized spacial score (nSPS) is 20.5. The minimum absolute atomic E-state index is 0.0431. The molecule has 39 heavy (non-hydrogen) atoms. The lowest BCUT2D eigenvalue weighted by Crippen LogP contribution is -2.52. The van der Waals surface area contributed by atoms with Crippen LogP contribution < -0.4 is 10.6 Å². The van der Waals surface area contributed by atoms with Crippen LogP contribution in [0.1, 0.15) is 19.4 Å². The topological polar surface area (TPSA) is 50.6 Å². The molecule has 6 nitrogen and oxygen atoms in total. The van der Waals surface area contributed by atoms with Gasteiger partial charge in [0.2, 0.25) is 0 Å². The second kappa shape index (κ2) is 10.5. The Hall–Kier alpha value is -2.41. The van der Waals surface area contributed by atoms with Gasteiger partial charge in [0.1, 0.15) is 17.5 Å². The number of alkyl halides is 3. The second-order valence-electron chi connectivity index (χ2n) is 9.70. The van der Waals surface area contributed by atoms with E-state index < -0.39 is 51.3 Å². The smallest absolute Gasteiger partial charge is 0.379 e. The van der Waals surface area contributed by atoms with Gasteiger partial charge in [0.05, 0.1) is 28.8 Å². The molecular weight excluding hydrogens is 563 g/mol. The Labute approximate surface area is 230 Å². The van der Waals surface area contributed by atoms with Crippen LogP contribution in [0.15, 0.2) is 27.9 Å². The summed E-state index contributed by atoms with van der Waals surface area (Å²) in [6.07, 6.45) is -5.43. The van der Waals surface area contributed by atoms with Gasteiger partial charge >= 0.3 is 11.9 Å². The van der Waals surface area contributed by atoms with Crippen molar-refractivity contribution < 1.29 is 26.7 Å². The van der Waals surface area contributed by atoms with Crippen LogP contribution in [0, 0.1) is 11.6 Å². The second-order valence-corrected chi connectivity index (χ2v) is 11.1. The number of halogens is 6. The first-order chi connectivity index (χ1) is 18.4. The summed E-state index contributed by atoms with van der Waals surface area (Å²) in [4.78, 5) is 21.8. The molecule has 3 heterocycles. The Bertz CT molecular complexity index is 1500. The molecule has 0 N–H and O–H groups in total. The third-order valence-electron chi connectivity index (χ3n) is 7.35. The van der Waals surface area contributed by atoms with Gasteiger partial charge in [-0.25, -0.2) is 13.6 Å². The largest absolute Gasteiger partial charge is 0.417 e. The molecule has 0 saturated carbocycles. The van der Waals surface area contributed by atoms with Gasteiger partial charge in [-0.05, 0) is 25.6 Å². The van der Waals surface area contributed by atoms with Crippen LogP contribution in [-0.2, 0) is 17.5 Å². The molecule has 210 valence electrons. The Morgan fingerprint density at radius 2 is 1.90 bits per heavy atom. The van der Waals surface area contributed by atoms with E-state index in [1.165, 1.54) is 11.7 Å². The predicted molar refractivity (Wildman–Crippen MR) is 142 cm³/mol. The SMILES string of the molecule is CCN1CCN(c2nc(=O)n3c4c(c(-c5cc(Cl)c(F)cc5F)c(C(F)(F)F)cc24)SC[C@H](OC)C3)[C@@H](C)C1. The quantitative estimate of drug-likeness (QED) is 0.289. The summed E-state index contributed by atoms with van der Waals surface area (Å²) in [5, 5.41) is -0.383. The Kier molecular flexibility index (Phi) is 7.60. The molecule has 0 unspecified atom stereocenters. The highest BCUT2D eigenvalue weighted by molar-refractivity contribution is 7.99. The van der Waals surface area contributed by atoms with Crippen molar-refractivity contribution in [2.45, 2.75) is 43.6 Å². The van der Waals surface area contributed by atoms with E-state index in [1.54, 1.807) is 0 Å². The average Bonchev–Trinajstić information content (AvgIpc) is 3.08. The molecule has 1 saturated heterocycles. The zero-order valence-corrected chi connectivity index (χ0v) is 23.0. The van der Waals surface area contributed by atoms with E-state index in [4.69, 9.17) is 16.3 Å². The van der Waals surface area contributed by atoms with Crippen LogP contribution in [0.2, 0.25) is 5.02 Å². The van der Waals surface area contributed by atoms with Crippen molar-refractivity contribution in [1.82, 2.24) is 14.5 Å². The number of anilines is 1. The Balaban J connectivity index is 1.89. The van der Waals surface area contributed by atoms with E-state index in [1.807, 2.05) is 18.7 Å². The fourth-order valence-corrected chi connectivity index (χ4v) is 6.82. The molecule has 1 fully saturated rings. The summed E-state index contributed by atoms with van der Waals surface area (Å²) >= 11 is 6.94. The maximum absolute atomic E-state index is 15.1. The number of hydrogen-bond acceptors (Lipinski definition) is 6. The number of hydrogen-bond donors (Lipinski definition) is 0. The van der Waals surface area contributed by atoms with Crippen LogP contribution in [0.4, 0.5) is 27.8 Å². The number of piperazine rings is 1. The molecule has 0 aliphatic carbocycles. The molecule has 2 aliphatic rings. The first-order valence-corrected chi connectivity index (χ1v) is 13.8. The first-order valence-electron chi connectivity index (χ1n) is 12.4. The lowest BCUT2D eigenvalue weighted by molar-refractivity contribution is -0.137. The number of ether oxygens (including phenoxy) is 1. The van der Waals surface area contributed by atoms with Gasteiger partial charge in [0.25, 0.3) is 0 Å². The molecule has 0 radical (unpaired) electrons. The molecule has 3 aromatic rings. The third kappa shape index (κ3) is 5.00. The number of benzene rings is 2. The van der Waals surface area contributed by atoms with Gasteiger partial charge in [-0.3, -0.25) is 9.47 Å². The van der Waals surface area contributed by atoms with Crippen LogP contribution in [0.3, 0.4) is 0 Å². The Morgan fingerprint density at radius 3 is 2.54 bits per heavy atom. The summed E-state index contributed by atoms with van der Waals surface area (Å²) in [6.45, 7) is 6.61. The lowest BCUT2D eigenvalue weighted by Gasteiger charge is -2.40. The van der Waals surface area contributed by atoms with E-state index in [0.29, 0.717) is 25.7 Å². The molecule has 0 amide bonds. The van der Waals surface area contributed by atoms with E-state index >= 15 is 4.39 Å². The van der Waals surface area contributed by atoms with Crippen LogP contribution in [0.5, 0.6) is 0 Å². The van der Waals surface area contributed by atoms with Crippen LogP contribution in [0.25, 0.3) is 22.0 Å². The van der Waals surface area contributed by atoms with E-state index in [-0.39, 0.29) is 40.0 Å².